The molecule has 120 valence electrons. The van der Waals surface area contributed by atoms with Crippen LogP contribution in [0.1, 0.15) is 24.1 Å². The number of nitrogens with one attached hydrogen (secondary N) is 1. The van der Waals surface area contributed by atoms with Crippen LogP contribution in [0.3, 0.4) is 0 Å². The highest BCUT2D eigenvalue weighted by Gasteiger charge is 2.33. The molecule has 24 heavy (non-hydrogen) atoms. The molecule has 1 aromatic carbocycles. The Morgan fingerprint density at radius 3 is 2.71 bits per heavy atom. The predicted molar refractivity (Wildman–Crippen MR) is 87.2 cm³/mol. The number of aliphatic imine (C=N–C) groups is 1. The SMILES string of the molecule is CC1=C(C#N)C(c2ccc3n[nH]c(C)c3c2)C(=C=[N-])C(C(F)F)=N1. The van der Waals surface area contributed by atoms with Crippen molar-refractivity contribution in [2.75, 3.05) is 0 Å². The number of nitrogens with zero attached hydrogens (tertiary/aromatic N) is 4. The van der Waals surface area contributed by atoms with Gasteiger partial charge in [0.05, 0.1) is 28.8 Å². The van der Waals surface area contributed by atoms with Gasteiger partial charge >= 0.3 is 0 Å². The van der Waals surface area contributed by atoms with Gasteiger partial charge in [0.25, 0.3) is 6.43 Å². The van der Waals surface area contributed by atoms with Crippen LogP contribution < -0.4 is 0 Å². The summed E-state index contributed by atoms with van der Waals surface area (Å²) in [5, 5.41) is 26.7. The van der Waals surface area contributed by atoms with Gasteiger partial charge in [-0.2, -0.15) is 10.4 Å². The van der Waals surface area contributed by atoms with Gasteiger partial charge in [-0.3, -0.25) is 16.0 Å². The average molecular weight is 324 g/mol. The average Bonchev–Trinajstić information content (AvgIpc) is 2.94. The number of fused-ring (bicyclic) bond motifs is 1. The minimum absolute atomic E-state index is 0.187. The van der Waals surface area contributed by atoms with E-state index < -0.39 is 18.1 Å². The van der Waals surface area contributed by atoms with Crippen molar-refractivity contribution in [3.05, 3.63) is 51.7 Å². The molecule has 0 spiro atoms. The van der Waals surface area contributed by atoms with E-state index in [0.29, 0.717) is 5.56 Å². The summed E-state index contributed by atoms with van der Waals surface area (Å²) in [5.41, 5.74) is 1.80. The highest BCUT2D eigenvalue weighted by Crippen LogP contribution is 2.39. The Hall–Kier alpha value is -3.10. The lowest BCUT2D eigenvalue weighted by molar-refractivity contribution is 0.225. The molecule has 7 heteroatoms. The summed E-state index contributed by atoms with van der Waals surface area (Å²) in [6.45, 7) is 3.34. The number of benzene rings is 1. The van der Waals surface area contributed by atoms with E-state index in [0.717, 1.165) is 16.6 Å². The van der Waals surface area contributed by atoms with Crippen LogP contribution in [-0.4, -0.2) is 28.2 Å². The van der Waals surface area contributed by atoms with E-state index in [1.54, 1.807) is 18.2 Å². The molecule has 0 fully saturated rings. The Morgan fingerprint density at radius 1 is 1.33 bits per heavy atom. The maximum atomic E-state index is 13.3. The third kappa shape index (κ3) is 2.34. The van der Waals surface area contributed by atoms with E-state index in [2.05, 4.69) is 15.2 Å². The Balaban J connectivity index is 2.26. The molecule has 0 saturated heterocycles. The normalized spacial score (nSPS) is 17.9. The zero-order chi connectivity index (χ0) is 17.4. The minimum Gasteiger partial charge on any atom is -0.763 e. The summed E-state index contributed by atoms with van der Waals surface area (Å²) in [5.74, 6) is 0.975. The number of hydrogen-bond donors (Lipinski definition) is 1. The van der Waals surface area contributed by atoms with Gasteiger partial charge in [0.2, 0.25) is 0 Å². The van der Waals surface area contributed by atoms with Crippen molar-refractivity contribution in [2.45, 2.75) is 26.2 Å². The van der Waals surface area contributed by atoms with Gasteiger partial charge in [-0.05, 0) is 31.5 Å². The zero-order valence-corrected chi connectivity index (χ0v) is 12.9. The number of rotatable bonds is 2. The molecule has 1 aliphatic rings. The van der Waals surface area contributed by atoms with Crippen molar-refractivity contribution in [2.24, 2.45) is 4.99 Å². The smallest absolute Gasteiger partial charge is 0.281 e. The Kier molecular flexibility index (Phi) is 3.84. The molecular formula is C17H12F2N5-. The second kappa shape index (κ2) is 5.84. The van der Waals surface area contributed by atoms with Crippen LogP contribution in [0.15, 0.2) is 40.0 Å². The quantitative estimate of drug-likeness (QED) is 0.855. The minimum atomic E-state index is -2.88. The number of allylic oxidation sites excluding steroid dienone is 3. The number of aromatic nitrogens is 2. The fraction of sp³-hybridized carbons (Fsp3) is 0.235. The number of H-pyrrole nitrogens is 1. The van der Waals surface area contributed by atoms with Crippen molar-refractivity contribution >= 4 is 22.5 Å². The van der Waals surface area contributed by atoms with Gasteiger partial charge in [0.15, 0.2) is 0 Å². The first-order chi connectivity index (χ1) is 11.5. The molecule has 1 N–H and O–H groups in total. The van der Waals surface area contributed by atoms with E-state index >= 15 is 0 Å². The van der Waals surface area contributed by atoms with E-state index in [4.69, 9.17) is 0 Å². The maximum absolute atomic E-state index is 13.3. The Morgan fingerprint density at radius 2 is 2.08 bits per heavy atom. The fourth-order valence-electron chi connectivity index (χ4n) is 2.90. The summed E-state index contributed by atoms with van der Waals surface area (Å²) in [6.07, 6.45) is -2.88. The van der Waals surface area contributed by atoms with Crippen LogP contribution >= 0.6 is 0 Å². The van der Waals surface area contributed by atoms with Crippen LogP contribution in [-0.2, 0) is 0 Å². The maximum Gasteiger partial charge on any atom is 0.281 e. The summed E-state index contributed by atoms with van der Waals surface area (Å²) in [6, 6.07) is 7.22. The lowest BCUT2D eigenvalue weighted by atomic mass is 9.80. The number of aromatic amines is 1. The second-order valence-electron chi connectivity index (χ2n) is 5.49. The van der Waals surface area contributed by atoms with Gasteiger partial charge in [-0.15, -0.1) is 0 Å². The second-order valence-corrected chi connectivity index (χ2v) is 5.49. The van der Waals surface area contributed by atoms with Crippen LogP contribution in [0.5, 0.6) is 0 Å². The van der Waals surface area contributed by atoms with E-state index in [-0.39, 0.29) is 16.8 Å². The molecule has 2 aromatic rings. The van der Waals surface area contributed by atoms with Gasteiger partial charge in [-0.1, -0.05) is 6.07 Å². The van der Waals surface area contributed by atoms with Crippen LogP contribution in [0.4, 0.5) is 8.78 Å². The van der Waals surface area contributed by atoms with Crippen LogP contribution in [0.2, 0.25) is 0 Å². The van der Waals surface area contributed by atoms with Crippen LogP contribution in [0.25, 0.3) is 16.3 Å². The molecule has 0 radical (unpaired) electrons. The van der Waals surface area contributed by atoms with Crippen molar-refractivity contribution in [1.29, 1.82) is 5.26 Å². The first-order valence-corrected chi connectivity index (χ1v) is 7.17. The molecule has 5 nitrogen and oxygen atoms in total. The summed E-state index contributed by atoms with van der Waals surface area (Å²) >= 11 is 0. The molecule has 2 heterocycles. The molecule has 0 aliphatic carbocycles. The van der Waals surface area contributed by atoms with Gasteiger partial charge < -0.3 is 5.41 Å². The van der Waals surface area contributed by atoms with Crippen molar-refractivity contribution in [3.63, 3.8) is 0 Å². The molecule has 1 aliphatic heterocycles. The third-order valence-corrected chi connectivity index (χ3v) is 4.08. The molecule has 1 aromatic heterocycles. The molecular weight excluding hydrogens is 312 g/mol. The summed E-state index contributed by atoms with van der Waals surface area (Å²) in [4.78, 5) is 3.78. The van der Waals surface area contributed by atoms with Crippen molar-refractivity contribution < 1.29 is 8.78 Å². The van der Waals surface area contributed by atoms with Crippen molar-refractivity contribution in [1.82, 2.24) is 10.2 Å². The number of hydrogen-bond acceptors (Lipinski definition) is 3. The largest absolute Gasteiger partial charge is 0.763 e. The number of halogens is 2. The van der Waals surface area contributed by atoms with E-state index in [1.165, 1.54) is 6.92 Å². The molecule has 1 atom stereocenters. The summed E-state index contributed by atoms with van der Waals surface area (Å²) in [7, 11) is 0. The first-order valence-electron chi connectivity index (χ1n) is 7.17. The lowest BCUT2D eigenvalue weighted by Gasteiger charge is -2.26. The Bertz CT molecular complexity index is 984. The topological polar surface area (TPSA) is 87.1 Å². The third-order valence-electron chi connectivity index (χ3n) is 4.08. The highest BCUT2D eigenvalue weighted by molar-refractivity contribution is 6.12. The molecule has 0 bridgehead atoms. The van der Waals surface area contributed by atoms with Crippen molar-refractivity contribution in [3.8, 4) is 6.07 Å². The molecule has 0 saturated carbocycles. The first kappa shape index (κ1) is 15.8. The highest BCUT2D eigenvalue weighted by atomic mass is 19.3. The van der Waals surface area contributed by atoms with Crippen LogP contribution in [0, 0.1) is 18.3 Å². The van der Waals surface area contributed by atoms with E-state index in [1.807, 2.05) is 18.9 Å². The molecule has 0 amide bonds. The monoisotopic (exact) mass is 324 g/mol. The zero-order valence-electron chi connectivity index (χ0n) is 12.9. The Labute approximate surface area is 136 Å². The summed E-state index contributed by atoms with van der Waals surface area (Å²) < 4.78 is 26.6. The van der Waals surface area contributed by atoms with E-state index in [9.17, 15) is 19.5 Å². The van der Waals surface area contributed by atoms with Gasteiger partial charge in [0, 0.05) is 16.7 Å². The standard InChI is InChI=1S/C17H12F2N5/c1-8-12(6-20)15(13(7-21)16(22-8)17(18)19)10-3-4-14-11(5-10)9(2)23-24-14/h3-5,15,17H,1-2H3,(H,23,24)/q-1. The molecule has 1 unspecified atom stereocenters. The fourth-order valence-corrected chi connectivity index (χ4v) is 2.90. The van der Waals surface area contributed by atoms with Gasteiger partial charge in [0.1, 0.15) is 5.71 Å². The van der Waals surface area contributed by atoms with Gasteiger partial charge in [-0.25, -0.2) is 8.78 Å². The number of nitriles is 1. The lowest BCUT2D eigenvalue weighted by Crippen LogP contribution is -2.24. The number of aryl methyl sites for hydroxylation is 1. The number of alkyl halides is 2. The molecule has 3 rings (SSSR count). The predicted octanol–water partition coefficient (Wildman–Crippen LogP) is 3.64.